The molecule has 1 saturated heterocycles. The summed E-state index contributed by atoms with van der Waals surface area (Å²) in [6.45, 7) is 5.98. The summed E-state index contributed by atoms with van der Waals surface area (Å²) < 4.78 is 1.21. The minimum Gasteiger partial charge on any atom is -0.504 e. The highest BCUT2D eigenvalue weighted by atomic mass is 16.3. The molecule has 1 aliphatic rings. The standard InChI is InChI=1S/C21H22N4O3/c1-14-6-3-4-7-17(14)23-10-11-24(15(2)13-23)20(27)16-12-22-19-18(26)8-5-9-25(19)21(16)28/h3-9,12,15,26H,10-11,13H2,1-2H3/t15-/m1/s1. The lowest BCUT2D eigenvalue weighted by Gasteiger charge is -2.41. The van der Waals surface area contributed by atoms with Crippen molar-refractivity contribution in [2.24, 2.45) is 0 Å². The molecule has 0 spiro atoms. The number of hydrogen-bond acceptors (Lipinski definition) is 5. The second-order valence-corrected chi connectivity index (χ2v) is 7.14. The number of benzene rings is 1. The normalized spacial score (nSPS) is 17.1. The quantitative estimate of drug-likeness (QED) is 0.739. The van der Waals surface area contributed by atoms with Gasteiger partial charge in [0.1, 0.15) is 5.56 Å². The van der Waals surface area contributed by atoms with E-state index in [0.717, 1.165) is 0 Å². The van der Waals surface area contributed by atoms with E-state index >= 15 is 0 Å². The highest BCUT2D eigenvalue weighted by Crippen LogP contribution is 2.23. The number of hydrogen-bond donors (Lipinski definition) is 1. The van der Waals surface area contributed by atoms with Gasteiger partial charge in [0.2, 0.25) is 0 Å². The first kappa shape index (κ1) is 18.0. The maximum Gasteiger partial charge on any atom is 0.270 e. The van der Waals surface area contributed by atoms with Crippen LogP contribution in [0.4, 0.5) is 5.69 Å². The average Bonchev–Trinajstić information content (AvgIpc) is 2.69. The summed E-state index contributed by atoms with van der Waals surface area (Å²) in [5.74, 6) is -0.425. The number of amides is 1. The number of para-hydroxylation sites is 1. The first-order valence-electron chi connectivity index (χ1n) is 9.28. The van der Waals surface area contributed by atoms with E-state index in [1.807, 2.05) is 19.1 Å². The second kappa shape index (κ2) is 6.99. The van der Waals surface area contributed by atoms with Crippen molar-refractivity contribution in [1.29, 1.82) is 0 Å². The first-order chi connectivity index (χ1) is 13.5. The van der Waals surface area contributed by atoms with Gasteiger partial charge in [0, 0.05) is 43.8 Å². The fraction of sp³-hybridized carbons (Fsp3) is 0.286. The van der Waals surface area contributed by atoms with Gasteiger partial charge in [0.15, 0.2) is 11.4 Å². The summed E-state index contributed by atoms with van der Waals surface area (Å²) in [7, 11) is 0. The van der Waals surface area contributed by atoms with Crippen LogP contribution < -0.4 is 10.5 Å². The molecule has 0 saturated carbocycles. The SMILES string of the molecule is Cc1ccccc1N1CCN(C(=O)c2cnc3c(O)cccn3c2=O)[C@H](C)C1. The molecule has 1 aliphatic heterocycles. The maximum absolute atomic E-state index is 13.1. The number of aryl methyl sites for hydroxylation is 1. The van der Waals surface area contributed by atoms with Crippen LogP contribution in [0.2, 0.25) is 0 Å². The Balaban J connectivity index is 1.60. The van der Waals surface area contributed by atoms with Gasteiger partial charge < -0.3 is 14.9 Å². The molecule has 0 unspecified atom stereocenters. The number of carbonyl (C=O) groups excluding carboxylic acids is 1. The van der Waals surface area contributed by atoms with Gasteiger partial charge in [-0.05, 0) is 37.6 Å². The Morgan fingerprint density at radius 1 is 1.18 bits per heavy atom. The van der Waals surface area contributed by atoms with Crippen LogP contribution in [0.5, 0.6) is 5.75 Å². The molecule has 0 radical (unpaired) electrons. The first-order valence-corrected chi connectivity index (χ1v) is 9.28. The van der Waals surface area contributed by atoms with Crippen LogP contribution >= 0.6 is 0 Å². The van der Waals surface area contributed by atoms with Gasteiger partial charge in [0.25, 0.3) is 11.5 Å². The van der Waals surface area contributed by atoms with Gasteiger partial charge in [0.05, 0.1) is 0 Å². The number of piperazine rings is 1. The third kappa shape index (κ3) is 2.98. The number of anilines is 1. The van der Waals surface area contributed by atoms with Crippen molar-refractivity contribution >= 4 is 17.2 Å². The number of pyridine rings is 1. The van der Waals surface area contributed by atoms with Crippen LogP contribution in [0, 0.1) is 6.92 Å². The predicted molar refractivity (Wildman–Crippen MR) is 107 cm³/mol. The molecule has 4 rings (SSSR count). The van der Waals surface area contributed by atoms with Crippen LogP contribution in [-0.2, 0) is 0 Å². The Kier molecular flexibility index (Phi) is 4.50. The lowest BCUT2D eigenvalue weighted by molar-refractivity contribution is 0.0671. The molecule has 1 aromatic carbocycles. The molecule has 1 atom stereocenters. The molecular formula is C21H22N4O3. The van der Waals surface area contributed by atoms with Crippen molar-refractivity contribution in [1.82, 2.24) is 14.3 Å². The summed E-state index contributed by atoms with van der Waals surface area (Å²) in [6, 6.07) is 11.1. The predicted octanol–water partition coefficient (Wildman–Crippen LogP) is 2.06. The summed E-state index contributed by atoms with van der Waals surface area (Å²) in [6.07, 6.45) is 2.76. The zero-order valence-electron chi connectivity index (χ0n) is 15.9. The molecule has 7 nitrogen and oxygen atoms in total. The number of fused-ring (bicyclic) bond motifs is 1. The van der Waals surface area contributed by atoms with E-state index in [1.165, 1.54) is 34.1 Å². The van der Waals surface area contributed by atoms with E-state index in [9.17, 15) is 14.7 Å². The van der Waals surface area contributed by atoms with Gasteiger partial charge in [-0.2, -0.15) is 0 Å². The van der Waals surface area contributed by atoms with Crippen LogP contribution in [0.15, 0.2) is 53.6 Å². The molecule has 2 aromatic heterocycles. The minimum absolute atomic E-state index is 0.0132. The van der Waals surface area contributed by atoms with Crippen molar-refractivity contribution in [3.63, 3.8) is 0 Å². The Hall–Kier alpha value is -3.35. The molecule has 1 amide bonds. The summed E-state index contributed by atoms with van der Waals surface area (Å²) in [5.41, 5.74) is 2.05. The molecule has 7 heteroatoms. The van der Waals surface area contributed by atoms with Crippen molar-refractivity contribution < 1.29 is 9.90 Å². The van der Waals surface area contributed by atoms with Crippen LogP contribution in [0.25, 0.3) is 5.65 Å². The van der Waals surface area contributed by atoms with Crippen LogP contribution in [-0.4, -0.2) is 51.0 Å². The average molecular weight is 378 g/mol. The lowest BCUT2D eigenvalue weighted by Crippen LogP contribution is -2.55. The molecule has 3 heterocycles. The van der Waals surface area contributed by atoms with Crippen molar-refractivity contribution in [2.75, 3.05) is 24.5 Å². The highest BCUT2D eigenvalue weighted by Gasteiger charge is 2.30. The largest absolute Gasteiger partial charge is 0.504 e. The highest BCUT2D eigenvalue weighted by molar-refractivity contribution is 5.94. The molecule has 0 bridgehead atoms. The van der Waals surface area contributed by atoms with E-state index < -0.39 is 5.56 Å². The van der Waals surface area contributed by atoms with Crippen LogP contribution in [0.1, 0.15) is 22.8 Å². The van der Waals surface area contributed by atoms with E-state index in [-0.39, 0.29) is 28.9 Å². The summed E-state index contributed by atoms with van der Waals surface area (Å²) in [4.78, 5) is 33.9. The maximum atomic E-state index is 13.1. The smallest absolute Gasteiger partial charge is 0.270 e. The van der Waals surface area contributed by atoms with Crippen LogP contribution in [0.3, 0.4) is 0 Å². The molecular weight excluding hydrogens is 356 g/mol. The molecule has 0 aliphatic carbocycles. The van der Waals surface area contributed by atoms with Crippen molar-refractivity contribution in [3.8, 4) is 5.75 Å². The number of aromatic hydroxyl groups is 1. The topological polar surface area (TPSA) is 78.2 Å². The van der Waals surface area contributed by atoms with Crippen molar-refractivity contribution in [2.45, 2.75) is 19.9 Å². The zero-order valence-corrected chi connectivity index (χ0v) is 15.9. The Bertz CT molecular complexity index is 1110. The monoisotopic (exact) mass is 378 g/mol. The molecule has 1 fully saturated rings. The number of nitrogens with zero attached hydrogens (tertiary/aromatic N) is 4. The van der Waals surface area contributed by atoms with Gasteiger partial charge in [-0.3, -0.25) is 14.0 Å². The van der Waals surface area contributed by atoms with Gasteiger partial charge in [-0.15, -0.1) is 0 Å². The fourth-order valence-corrected chi connectivity index (χ4v) is 3.79. The van der Waals surface area contributed by atoms with E-state index in [0.29, 0.717) is 19.6 Å². The third-order valence-corrected chi connectivity index (χ3v) is 5.29. The zero-order chi connectivity index (χ0) is 19.8. The number of aromatic nitrogens is 2. The van der Waals surface area contributed by atoms with E-state index in [2.05, 4.69) is 28.9 Å². The molecule has 28 heavy (non-hydrogen) atoms. The van der Waals surface area contributed by atoms with Gasteiger partial charge >= 0.3 is 0 Å². The fourth-order valence-electron chi connectivity index (χ4n) is 3.79. The molecule has 3 aromatic rings. The van der Waals surface area contributed by atoms with Gasteiger partial charge in [-0.1, -0.05) is 18.2 Å². The van der Waals surface area contributed by atoms with Crippen molar-refractivity contribution in [3.05, 3.63) is 70.3 Å². The third-order valence-electron chi connectivity index (χ3n) is 5.29. The minimum atomic E-state index is -0.473. The second-order valence-electron chi connectivity index (χ2n) is 7.14. The van der Waals surface area contributed by atoms with E-state index in [1.54, 1.807) is 11.0 Å². The lowest BCUT2D eigenvalue weighted by atomic mass is 10.1. The number of rotatable bonds is 2. The summed E-state index contributed by atoms with van der Waals surface area (Å²) >= 11 is 0. The summed E-state index contributed by atoms with van der Waals surface area (Å²) in [5, 5.41) is 9.85. The molecule has 1 N–H and O–H groups in total. The van der Waals surface area contributed by atoms with E-state index in [4.69, 9.17) is 0 Å². The number of carbonyl (C=O) groups is 1. The van der Waals surface area contributed by atoms with Gasteiger partial charge in [-0.25, -0.2) is 4.98 Å². The Labute approximate surface area is 162 Å². The Morgan fingerprint density at radius 3 is 2.71 bits per heavy atom. The molecule has 144 valence electrons. The Morgan fingerprint density at radius 2 is 1.96 bits per heavy atom.